The van der Waals surface area contributed by atoms with Crippen molar-refractivity contribution in [1.29, 1.82) is 5.26 Å². The van der Waals surface area contributed by atoms with Crippen LogP contribution >= 0.6 is 31.9 Å². The Hall–Kier alpha value is -2.35. The SMILES string of the molecule is Cc1cc(/C=C(\C#N)c2ccc(Br)cc2)cc(C)c1OCc1ccc(Br)cc1. The van der Waals surface area contributed by atoms with E-state index in [-0.39, 0.29) is 0 Å². The minimum atomic E-state index is 0.520. The van der Waals surface area contributed by atoms with Gasteiger partial charge in [-0.15, -0.1) is 0 Å². The summed E-state index contributed by atoms with van der Waals surface area (Å²) >= 11 is 6.87. The van der Waals surface area contributed by atoms with Gasteiger partial charge in [0.25, 0.3) is 0 Å². The van der Waals surface area contributed by atoms with E-state index in [9.17, 15) is 5.26 Å². The van der Waals surface area contributed by atoms with Crippen LogP contribution in [0.3, 0.4) is 0 Å². The monoisotopic (exact) mass is 495 g/mol. The lowest BCUT2D eigenvalue weighted by Crippen LogP contribution is -1.99. The first-order valence-corrected chi connectivity index (χ1v) is 10.4. The molecule has 0 saturated carbocycles. The van der Waals surface area contributed by atoms with Crippen molar-refractivity contribution < 1.29 is 4.74 Å². The fraction of sp³-hybridized carbons (Fsp3) is 0.125. The van der Waals surface area contributed by atoms with Crippen LogP contribution in [0.1, 0.15) is 27.8 Å². The average Bonchev–Trinajstić information content (AvgIpc) is 2.67. The molecule has 0 heterocycles. The number of rotatable bonds is 5. The van der Waals surface area contributed by atoms with E-state index in [0.29, 0.717) is 12.2 Å². The maximum Gasteiger partial charge on any atom is 0.125 e. The molecule has 0 fully saturated rings. The summed E-state index contributed by atoms with van der Waals surface area (Å²) in [7, 11) is 0. The number of nitriles is 1. The van der Waals surface area contributed by atoms with Gasteiger partial charge in [0.1, 0.15) is 12.4 Å². The summed E-state index contributed by atoms with van der Waals surface area (Å²) in [5.74, 6) is 0.891. The molecule has 0 aromatic heterocycles. The van der Waals surface area contributed by atoms with Gasteiger partial charge < -0.3 is 4.74 Å². The molecule has 0 radical (unpaired) electrons. The Morgan fingerprint density at radius 3 is 2.00 bits per heavy atom. The van der Waals surface area contributed by atoms with Crippen molar-refractivity contribution in [2.45, 2.75) is 20.5 Å². The van der Waals surface area contributed by atoms with E-state index >= 15 is 0 Å². The molecule has 0 unspecified atom stereocenters. The van der Waals surface area contributed by atoms with Crippen LogP contribution in [0.15, 0.2) is 69.6 Å². The van der Waals surface area contributed by atoms with Crippen molar-refractivity contribution in [2.24, 2.45) is 0 Å². The summed E-state index contributed by atoms with van der Waals surface area (Å²) in [5.41, 5.74) is 5.75. The predicted octanol–water partition coefficient (Wildman–Crippen LogP) is 7.47. The number of halogens is 2. The Morgan fingerprint density at radius 2 is 1.46 bits per heavy atom. The number of ether oxygens (including phenoxy) is 1. The third kappa shape index (κ3) is 5.13. The normalized spacial score (nSPS) is 11.2. The van der Waals surface area contributed by atoms with E-state index in [1.54, 1.807) is 0 Å². The second-order valence-corrected chi connectivity index (χ2v) is 8.41. The molecule has 0 atom stereocenters. The lowest BCUT2D eigenvalue weighted by Gasteiger charge is -2.13. The first kappa shape index (κ1) is 20.4. The van der Waals surface area contributed by atoms with Gasteiger partial charge in [0.05, 0.1) is 11.6 Å². The Labute approximate surface area is 182 Å². The quantitative estimate of drug-likeness (QED) is 0.271. The minimum absolute atomic E-state index is 0.520. The summed E-state index contributed by atoms with van der Waals surface area (Å²) < 4.78 is 8.12. The van der Waals surface area contributed by atoms with Gasteiger partial charge in [0.2, 0.25) is 0 Å². The van der Waals surface area contributed by atoms with Crippen LogP contribution in [-0.4, -0.2) is 0 Å². The molecule has 0 spiro atoms. The third-order valence-corrected chi connectivity index (χ3v) is 5.42. The van der Waals surface area contributed by atoms with Gasteiger partial charge in [-0.2, -0.15) is 5.26 Å². The number of aryl methyl sites for hydroxylation is 2. The fourth-order valence-corrected chi connectivity index (χ4v) is 3.54. The zero-order valence-electron chi connectivity index (χ0n) is 15.7. The molecule has 0 aliphatic rings. The highest BCUT2D eigenvalue weighted by Gasteiger charge is 2.08. The van der Waals surface area contributed by atoms with Crippen LogP contribution in [0.2, 0.25) is 0 Å². The van der Waals surface area contributed by atoms with Crippen LogP contribution in [0, 0.1) is 25.2 Å². The van der Waals surface area contributed by atoms with Gasteiger partial charge in [-0.05, 0) is 84.1 Å². The van der Waals surface area contributed by atoms with Crippen molar-refractivity contribution in [3.05, 3.63) is 97.4 Å². The van der Waals surface area contributed by atoms with Crippen molar-refractivity contribution in [3.63, 3.8) is 0 Å². The van der Waals surface area contributed by atoms with Crippen molar-refractivity contribution in [3.8, 4) is 11.8 Å². The highest BCUT2D eigenvalue weighted by molar-refractivity contribution is 9.10. The molecule has 0 N–H and O–H groups in total. The zero-order valence-corrected chi connectivity index (χ0v) is 18.8. The largest absolute Gasteiger partial charge is 0.488 e. The second-order valence-electron chi connectivity index (χ2n) is 6.58. The van der Waals surface area contributed by atoms with Crippen LogP contribution < -0.4 is 4.74 Å². The lowest BCUT2D eigenvalue weighted by atomic mass is 10.0. The van der Waals surface area contributed by atoms with Gasteiger partial charge in [0, 0.05) is 8.95 Å². The number of allylic oxidation sites excluding steroid dienone is 1. The van der Waals surface area contributed by atoms with E-state index in [0.717, 1.165) is 42.5 Å². The van der Waals surface area contributed by atoms with Crippen LogP contribution in [0.4, 0.5) is 0 Å². The Kier molecular flexibility index (Phi) is 6.72. The molecular formula is C24H19Br2NO. The van der Waals surface area contributed by atoms with Crippen molar-refractivity contribution >= 4 is 43.5 Å². The van der Waals surface area contributed by atoms with Gasteiger partial charge in [0.15, 0.2) is 0 Å². The summed E-state index contributed by atoms with van der Waals surface area (Å²) in [6, 6.07) is 22.3. The van der Waals surface area contributed by atoms with E-state index in [1.807, 2.05) is 68.5 Å². The number of nitrogens with zero attached hydrogens (tertiary/aromatic N) is 1. The smallest absolute Gasteiger partial charge is 0.125 e. The molecule has 0 aliphatic carbocycles. The molecule has 0 amide bonds. The Morgan fingerprint density at radius 1 is 0.929 bits per heavy atom. The van der Waals surface area contributed by atoms with Crippen molar-refractivity contribution in [2.75, 3.05) is 0 Å². The van der Waals surface area contributed by atoms with Gasteiger partial charge in [-0.3, -0.25) is 0 Å². The first-order chi connectivity index (χ1) is 13.5. The topological polar surface area (TPSA) is 33.0 Å². The van der Waals surface area contributed by atoms with E-state index in [2.05, 4.69) is 50.1 Å². The number of hydrogen-bond donors (Lipinski definition) is 0. The summed E-state index contributed by atoms with van der Waals surface area (Å²) in [5, 5.41) is 9.58. The zero-order chi connectivity index (χ0) is 20.1. The molecule has 4 heteroatoms. The highest BCUT2D eigenvalue weighted by Crippen LogP contribution is 2.28. The Balaban J connectivity index is 1.83. The Bertz CT molecular complexity index is 1020. The summed E-state index contributed by atoms with van der Waals surface area (Å²) in [6.07, 6.45) is 1.92. The molecule has 0 aliphatic heterocycles. The standard InChI is InChI=1S/C24H19Br2NO/c1-16-11-19(13-21(14-27)20-5-9-23(26)10-6-20)12-17(2)24(16)28-15-18-3-7-22(25)8-4-18/h3-13H,15H2,1-2H3/b21-13+. The van der Waals surface area contributed by atoms with E-state index in [4.69, 9.17) is 4.74 Å². The first-order valence-electron chi connectivity index (χ1n) is 8.82. The maximum absolute atomic E-state index is 9.58. The second kappa shape index (κ2) is 9.23. The predicted molar refractivity (Wildman–Crippen MR) is 122 cm³/mol. The van der Waals surface area contributed by atoms with Gasteiger partial charge in [-0.25, -0.2) is 0 Å². The number of benzene rings is 3. The molecule has 3 rings (SSSR count). The van der Waals surface area contributed by atoms with Gasteiger partial charge in [-0.1, -0.05) is 56.1 Å². The van der Waals surface area contributed by atoms with Gasteiger partial charge >= 0.3 is 0 Å². The van der Waals surface area contributed by atoms with Crippen LogP contribution in [0.25, 0.3) is 11.6 Å². The molecule has 140 valence electrons. The lowest BCUT2D eigenvalue weighted by molar-refractivity contribution is 0.302. The minimum Gasteiger partial charge on any atom is -0.488 e. The fourth-order valence-electron chi connectivity index (χ4n) is 3.01. The molecule has 3 aromatic carbocycles. The maximum atomic E-state index is 9.58. The highest BCUT2D eigenvalue weighted by atomic mass is 79.9. The molecule has 3 aromatic rings. The summed E-state index contributed by atoms with van der Waals surface area (Å²) in [6.45, 7) is 4.59. The van der Waals surface area contributed by atoms with E-state index in [1.165, 1.54) is 0 Å². The molecule has 0 saturated heterocycles. The molecule has 2 nitrogen and oxygen atoms in total. The third-order valence-electron chi connectivity index (χ3n) is 4.37. The van der Waals surface area contributed by atoms with Crippen molar-refractivity contribution in [1.82, 2.24) is 0 Å². The molecule has 28 heavy (non-hydrogen) atoms. The number of hydrogen-bond acceptors (Lipinski definition) is 2. The van der Waals surface area contributed by atoms with E-state index < -0.39 is 0 Å². The average molecular weight is 497 g/mol. The molecular weight excluding hydrogens is 478 g/mol. The molecule has 0 bridgehead atoms. The summed E-state index contributed by atoms with van der Waals surface area (Å²) in [4.78, 5) is 0. The van der Waals surface area contributed by atoms with Crippen LogP contribution in [-0.2, 0) is 6.61 Å². The van der Waals surface area contributed by atoms with Crippen LogP contribution in [0.5, 0.6) is 5.75 Å².